The molecule has 0 saturated carbocycles. The molecule has 2 N–H and O–H groups in total. The van der Waals surface area contributed by atoms with Gasteiger partial charge in [0.25, 0.3) is 5.91 Å². The van der Waals surface area contributed by atoms with Crippen LogP contribution >= 0.6 is 15.9 Å². The Bertz CT molecular complexity index is 625. The van der Waals surface area contributed by atoms with Gasteiger partial charge in [-0.1, -0.05) is 15.9 Å². The Morgan fingerprint density at radius 1 is 1.50 bits per heavy atom. The lowest BCUT2D eigenvalue weighted by Gasteiger charge is -2.21. The first-order valence-corrected chi connectivity index (χ1v) is 7.08. The summed E-state index contributed by atoms with van der Waals surface area (Å²) in [5.74, 6) is 0.0580. The highest BCUT2D eigenvalue weighted by Gasteiger charge is 2.19. The van der Waals surface area contributed by atoms with Crippen molar-refractivity contribution in [1.29, 1.82) is 0 Å². The van der Waals surface area contributed by atoms with Crippen molar-refractivity contribution in [3.63, 3.8) is 0 Å². The van der Waals surface area contributed by atoms with Gasteiger partial charge in [-0.25, -0.2) is 0 Å². The Kier molecular flexibility index (Phi) is 4.44. The second-order valence-corrected chi connectivity index (χ2v) is 5.44. The van der Waals surface area contributed by atoms with Gasteiger partial charge in [-0.2, -0.15) is 5.10 Å². The third-order valence-corrected chi connectivity index (χ3v) is 3.61. The molecule has 0 fully saturated rings. The molecule has 0 unspecified atom stereocenters. The van der Waals surface area contributed by atoms with Crippen LogP contribution in [-0.4, -0.2) is 32.7 Å². The predicted molar refractivity (Wildman–Crippen MR) is 79.5 cm³/mol. The number of halogens is 1. The van der Waals surface area contributed by atoms with Gasteiger partial charge in [-0.3, -0.25) is 9.89 Å². The van der Waals surface area contributed by atoms with E-state index < -0.39 is 0 Å². The average molecular weight is 338 g/mol. The number of aromatic nitrogens is 2. The minimum atomic E-state index is -0.123. The van der Waals surface area contributed by atoms with E-state index in [2.05, 4.69) is 26.1 Å². The van der Waals surface area contributed by atoms with Gasteiger partial charge < -0.3 is 10.0 Å². The molecule has 0 aliphatic heterocycles. The number of hydrogen-bond donors (Lipinski definition) is 2. The molecule has 0 aliphatic carbocycles. The van der Waals surface area contributed by atoms with Crippen LogP contribution in [0.15, 0.2) is 28.9 Å². The molecule has 5 nitrogen and oxygen atoms in total. The number of rotatable bonds is 4. The number of aryl methyl sites for hydroxylation is 1. The van der Waals surface area contributed by atoms with E-state index in [1.54, 1.807) is 23.2 Å². The molecule has 6 heteroatoms. The van der Waals surface area contributed by atoms with E-state index in [-0.39, 0.29) is 11.7 Å². The highest BCUT2D eigenvalue weighted by atomic mass is 79.9. The van der Waals surface area contributed by atoms with Gasteiger partial charge in [0.1, 0.15) is 11.4 Å². The van der Waals surface area contributed by atoms with Gasteiger partial charge in [-0.05, 0) is 37.6 Å². The van der Waals surface area contributed by atoms with Crippen LogP contribution in [0.25, 0.3) is 0 Å². The molecule has 1 aromatic heterocycles. The van der Waals surface area contributed by atoms with Gasteiger partial charge in [0.2, 0.25) is 0 Å². The Hall–Kier alpha value is -1.82. The van der Waals surface area contributed by atoms with Gasteiger partial charge in [0.15, 0.2) is 0 Å². The lowest BCUT2D eigenvalue weighted by atomic mass is 10.1. The number of benzene rings is 1. The molecule has 106 valence electrons. The molecule has 0 aliphatic rings. The quantitative estimate of drug-likeness (QED) is 0.901. The van der Waals surface area contributed by atoms with Crippen molar-refractivity contribution in [3.8, 4) is 5.75 Å². The smallest absolute Gasteiger partial charge is 0.272 e. The van der Waals surface area contributed by atoms with Crippen LogP contribution in [0.4, 0.5) is 0 Å². The Balaban J connectivity index is 2.23. The first-order valence-electron chi connectivity index (χ1n) is 6.29. The van der Waals surface area contributed by atoms with Crippen LogP contribution in [0.2, 0.25) is 0 Å². The third-order valence-electron chi connectivity index (χ3n) is 3.11. The van der Waals surface area contributed by atoms with Crippen LogP contribution < -0.4 is 0 Å². The molecule has 1 amide bonds. The van der Waals surface area contributed by atoms with Crippen molar-refractivity contribution in [1.82, 2.24) is 15.1 Å². The topological polar surface area (TPSA) is 69.2 Å². The molecule has 0 spiro atoms. The Morgan fingerprint density at radius 2 is 2.25 bits per heavy atom. The molecule has 0 bridgehead atoms. The van der Waals surface area contributed by atoms with E-state index in [1.807, 2.05) is 19.9 Å². The van der Waals surface area contributed by atoms with Crippen molar-refractivity contribution >= 4 is 21.8 Å². The summed E-state index contributed by atoms with van der Waals surface area (Å²) in [5, 5.41) is 16.5. The number of aromatic hydroxyl groups is 1. The van der Waals surface area contributed by atoms with E-state index >= 15 is 0 Å². The molecule has 2 rings (SSSR count). The van der Waals surface area contributed by atoms with Crippen LogP contribution in [0, 0.1) is 6.92 Å². The van der Waals surface area contributed by atoms with Crippen LogP contribution in [0.5, 0.6) is 5.75 Å². The molecule has 1 aromatic carbocycles. The van der Waals surface area contributed by atoms with E-state index in [0.29, 0.717) is 24.3 Å². The highest BCUT2D eigenvalue weighted by Crippen LogP contribution is 2.23. The predicted octanol–water partition coefficient (Wildman–Crippen LogP) is 2.85. The van der Waals surface area contributed by atoms with E-state index in [4.69, 9.17) is 0 Å². The maximum Gasteiger partial charge on any atom is 0.272 e. The number of amides is 1. The maximum absolute atomic E-state index is 12.4. The summed E-state index contributed by atoms with van der Waals surface area (Å²) >= 11 is 3.36. The molecule has 20 heavy (non-hydrogen) atoms. The van der Waals surface area contributed by atoms with Crippen LogP contribution in [0.3, 0.4) is 0 Å². The first-order chi connectivity index (χ1) is 9.52. The van der Waals surface area contributed by atoms with Gasteiger partial charge in [-0.15, -0.1) is 0 Å². The third kappa shape index (κ3) is 3.01. The summed E-state index contributed by atoms with van der Waals surface area (Å²) in [4.78, 5) is 14.1. The molecule has 0 radical (unpaired) electrons. The van der Waals surface area contributed by atoms with Gasteiger partial charge >= 0.3 is 0 Å². The van der Waals surface area contributed by atoms with Crippen LogP contribution in [-0.2, 0) is 6.54 Å². The standard InChI is InChI=1S/C14H16BrN3O2/c1-3-18(14(20)13-9(2)7-16-17-13)8-10-6-11(15)4-5-12(10)19/h4-7,19H,3,8H2,1-2H3,(H,16,17). The Labute approximate surface area is 125 Å². The number of nitrogens with one attached hydrogen (secondary N) is 1. The number of carbonyl (C=O) groups excluding carboxylic acids is 1. The SMILES string of the molecule is CCN(Cc1cc(Br)ccc1O)C(=O)c1[nH]ncc1C. The summed E-state index contributed by atoms with van der Waals surface area (Å²) in [5.41, 5.74) is 2.00. The number of phenols is 1. The molecule has 2 aromatic rings. The number of aromatic amines is 1. The van der Waals surface area contributed by atoms with Crippen molar-refractivity contribution in [2.75, 3.05) is 6.54 Å². The second kappa shape index (κ2) is 6.09. The van der Waals surface area contributed by atoms with Crippen molar-refractivity contribution in [2.24, 2.45) is 0 Å². The van der Waals surface area contributed by atoms with E-state index in [1.165, 1.54) is 0 Å². The molecule has 0 saturated heterocycles. The zero-order valence-corrected chi connectivity index (χ0v) is 12.9. The number of carbonyl (C=O) groups is 1. The monoisotopic (exact) mass is 337 g/mol. The second-order valence-electron chi connectivity index (χ2n) is 4.52. The summed E-state index contributed by atoms with van der Waals surface area (Å²) < 4.78 is 0.867. The summed E-state index contributed by atoms with van der Waals surface area (Å²) in [6.07, 6.45) is 1.62. The zero-order chi connectivity index (χ0) is 14.7. The van der Waals surface area contributed by atoms with Crippen molar-refractivity contribution in [2.45, 2.75) is 20.4 Å². The zero-order valence-electron chi connectivity index (χ0n) is 11.4. The average Bonchev–Trinajstić information content (AvgIpc) is 2.85. The maximum atomic E-state index is 12.4. The fourth-order valence-corrected chi connectivity index (χ4v) is 2.34. The number of nitrogens with zero attached hydrogens (tertiary/aromatic N) is 2. The number of H-pyrrole nitrogens is 1. The highest BCUT2D eigenvalue weighted by molar-refractivity contribution is 9.10. The number of hydrogen-bond acceptors (Lipinski definition) is 3. The summed E-state index contributed by atoms with van der Waals surface area (Å²) in [7, 11) is 0. The van der Waals surface area contributed by atoms with Gasteiger partial charge in [0, 0.05) is 23.1 Å². The molecule has 1 heterocycles. The van der Waals surface area contributed by atoms with E-state index in [0.717, 1.165) is 10.0 Å². The molecular formula is C14H16BrN3O2. The van der Waals surface area contributed by atoms with Crippen molar-refractivity contribution < 1.29 is 9.90 Å². The summed E-state index contributed by atoms with van der Waals surface area (Å²) in [6, 6.07) is 5.18. The first kappa shape index (κ1) is 14.6. The largest absolute Gasteiger partial charge is 0.508 e. The fourth-order valence-electron chi connectivity index (χ4n) is 1.93. The number of phenolic OH excluding ortho intramolecular Hbond substituents is 1. The van der Waals surface area contributed by atoms with E-state index in [9.17, 15) is 9.90 Å². The van der Waals surface area contributed by atoms with Gasteiger partial charge in [0.05, 0.1) is 6.20 Å². The normalized spacial score (nSPS) is 10.6. The fraction of sp³-hybridized carbons (Fsp3) is 0.286. The molecule has 0 atom stereocenters. The minimum Gasteiger partial charge on any atom is -0.508 e. The lowest BCUT2D eigenvalue weighted by Crippen LogP contribution is -2.31. The van der Waals surface area contributed by atoms with Crippen molar-refractivity contribution in [3.05, 3.63) is 45.7 Å². The Morgan fingerprint density at radius 3 is 2.85 bits per heavy atom. The minimum absolute atomic E-state index is 0.123. The lowest BCUT2D eigenvalue weighted by molar-refractivity contribution is 0.0745. The van der Waals surface area contributed by atoms with Crippen LogP contribution in [0.1, 0.15) is 28.5 Å². The summed E-state index contributed by atoms with van der Waals surface area (Å²) in [6.45, 7) is 4.63. The molecular weight excluding hydrogens is 322 g/mol.